The summed E-state index contributed by atoms with van der Waals surface area (Å²) in [5.41, 5.74) is 8.36. The molecule has 2 heterocycles. The predicted octanol–water partition coefficient (Wildman–Crippen LogP) is 3.02. The van der Waals surface area contributed by atoms with Crippen LogP contribution in [0, 0.1) is 5.92 Å². The first-order chi connectivity index (χ1) is 12.4. The summed E-state index contributed by atoms with van der Waals surface area (Å²) in [6.45, 7) is 4.47. The number of carbonyl (C=O) groups excluding carboxylic acids is 2. The Bertz CT molecular complexity index is 808. The van der Waals surface area contributed by atoms with Crippen LogP contribution in [0.5, 0.6) is 0 Å². The molecule has 0 spiro atoms. The van der Waals surface area contributed by atoms with Crippen LogP contribution in [0.2, 0.25) is 0 Å². The van der Waals surface area contributed by atoms with Crippen molar-refractivity contribution in [2.75, 3.05) is 11.1 Å². The van der Waals surface area contributed by atoms with E-state index in [0.717, 1.165) is 11.1 Å². The summed E-state index contributed by atoms with van der Waals surface area (Å²) in [4.78, 5) is 31.3. The number of anilines is 2. The number of amides is 2. The van der Waals surface area contributed by atoms with Gasteiger partial charge in [-0.15, -0.1) is 12.4 Å². The van der Waals surface area contributed by atoms with E-state index in [0.29, 0.717) is 30.9 Å². The summed E-state index contributed by atoms with van der Waals surface area (Å²) in [6, 6.07) is 10.8. The molecule has 2 amide bonds. The molecule has 1 aliphatic heterocycles. The van der Waals surface area contributed by atoms with Gasteiger partial charge in [-0.2, -0.15) is 0 Å². The van der Waals surface area contributed by atoms with Gasteiger partial charge in [0.2, 0.25) is 11.8 Å². The highest BCUT2D eigenvalue weighted by molar-refractivity contribution is 5.97. The maximum absolute atomic E-state index is 12.9. The molecular weight excluding hydrogens is 364 g/mol. The van der Waals surface area contributed by atoms with E-state index in [2.05, 4.69) is 10.3 Å². The van der Waals surface area contributed by atoms with Gasteiger partial charge in [-0.1, -0.05) is 38.1 Å². The van der Waals surface area contributed by atoms with Gasteiger partial charge in [0.1, 0.15) is 11.9 Å². The van der Waals surface area contributed by atoms with Crippen molar-refractivity contribution in [2.24, 2.45) is 5.92 Å². The number of halogens is 1. The molecule has 0 radical (unpaired) electrons. The lowest BCUT2D eigenvalue weighted by molar-refractivity contribution is -0.140. The first-order valence-electron chi connectivity index (χ1n) is 8.82. The third kappa shape index (κ3) is 4.98. The van der Waals surface area contributed by atoms with Crippen LogP contribution in [-0.4, -0.2) is 27.7 Å². The van der Waals surface area contributed by atoms with Crippen molar-refractivity contribution in [3.63, 3.8) is 0 Å². The largest absolute Gasteiger partial charge is 0.384 e. The van der Waals surface area contributed by atoms with Gasteiger partial charge >= 0.3 is 0 Å². The highest BCUT2D eigenvalue weighted by Crippen LogP contribution is 2.25. The number of hydrogen-bond acceptors (Lipinski definition) is 4. The number of benzene rings is 1. The van der Waals surface area contributed by atoms with Crippen molar-refractivity contribution in [1.82, 2.24) is 9.88 Å². The number of nitrogens with two attached hydrogens (primary N) is 1. The smallest absolute Gasteiger partial charge is 0.247 e. The minimum Gasteiger partial charge on any atom is -0.384 e. The Balaban J connectivity index is 0.00000261. The van der Waals surface area contributed by atoms with E-state index < -0.39 is 6.04 Å². The minimum atomic E-state index is -0.534. The van der Waals surface area contributed by atoms with E-state index >= 15 is 0 Å². The van der Waals surface area contributed by atoms with Crippen LogP contribution in [0.1, 0.15) is 31.4 Å². The molecule has 1 atom stereocenters. The van der Waals surface area contributed by atoms with E-state index in [4.69, 9.17) is 5.73 Å². The SMILES string of the molecule is CC(C)CC(=O)N1Cc2ccccc2CC1C(=O)Nc1ccc(N)nc1.Cl. The summed E-state index contributed by atoms with van der Waals surface area (Å²) in [5, 5.41) is 2.86. The third-order valence-corrected chi connectivity index (χ3v) is 4.51. The fourth-order valence-electron chi connectivity index (χ4n) is 3.19. The third-order valence-electron chi connectivity index (χ3n) is 4.51. The van der Waals surface area contributed by atoms with Crippen LogP contribution in [0.15, 0.2) is 42.6 Å². The van der Waals surface area contributed by atoms with Gasteiger partial charge in [-0.3, -0.25) is 9.59 Å². The number of fused-ring (bicyclic) bond motifs is 1. The van der Waals surface area contributed by atoms with Gasteiger partial charge < -0.3 is 16.0 Å². The Hall–Kier alpha value is -2.60. The number of nitrogens with one attached hydrogen (secondary N) is 1. The summed E-state index contributed by atoms with van der Waals surface area (Å²) < 4.78 is 0. The summed E-state index contributed by atoms with van der Waals surface area (Å²) in [7, 11) is 0. The summed E-state index contributed by atoms with van der Waals surface area (Å²) >= 11 is 0. The van der Waals surface area contributed by atoms with Gasteiger partial charge in [0.25, 0.3) is 0 Å². The highest BCUT2D eigenvalue weighted by Gasteiger charge is 2.34. The number of carbonyl (C=O) groups is 2. The highest BCUT2D eigenvalue weighted by atomic mass is 35.5. The number of aromatic nitrogens is 1. The number of rotatable bonds is 4. The van der Waals surface area contributed by atoms with E-state index in [9.17, 15) is 9.59 Å². The van der Waals surface area contributed by atoms with Crippen LogP contribution in [0.4, 0.5) is 11.5 Å². The number of hydrogen-bond donors (Lipinski definition) is 2. The van der Waals surface area contributed by atoms with Crippen molar-refractivity contribution < 1.29 is 9.59 Å². The van der Waals surface area contributed by atoms with Crippen molar-refractivity contribution in [2.45, 2.75) is 39.3 Å². The van der Waals surface area contributed by atoms with Crippen molar-refractivity contribution in [1.29, 1.82) is 0 Å². The maximum atomic E-state index is 12.9. The average molecular weight is 389 g/mol. The van der Waals surface area contributed by atoms with E-state index in [1.54, 1.807) is 17.0 Å². The Morgan fingerprint density at radius 1 is 1.22 bits per heavy atom. The van der Waals surface area contributed by atoms with Crippen molar-refractivity contribution >= 4 is 35.7 Å². The normalized spacial score (nSPS) is 15.7. The molecule has 1 aromatic heterocycles. The molecule has 0 saturated heterocycles. The second kappa shape index (κ2) is 8.86. The van der Waals surface area contributed by atoms with Crippen LogP contribution in [0.3, 0.4) is 0 Å². The molecule has 6 nitrogen and oxygen atoms in total. The zero-order valence-electron chi connectivity index (χ0n) is 15.5. The zero-order valence-corrected chi connectivity index (χ0v) is 16.3. The molecule has 0 saturated carbocycles. The molecule has 0 bridgehead atoms. The molecule has 144 valence electrons. The minimum absolute atomic E-state index is 0. The van der Waals surface area contributed by atoms with Crippen LogP contribution < -0.4 is 11.1 Å². The second-order valence-electron chi connectivity index (χ2n) is 7.07. The van der Waals surface area contributed by atoms with Crippen LogP contribution in [-0.2, 0) is 22.6 Å². The Kier molecular flexibility index (Phi) is 6.80. The Labute approximate surface area is 165 Å². The molecule has 0 aliphatic carbocycles. The van der Waals surface area contributed by atoms with Gasteiger partial charge in [0.05, 0.1) is 11.9 Å². The standard InChI is InChI=1S/C20H24N4O2.ClH/c1-13(2)9-19(25)24-12-15-6-4-3-5-14(15)10-17(24)20(26)23-16-7-8-18(21)22-11-16;/h3-8,11,13,17H,9-10,12H2,1-2H3,(H2,21,22)(H,23,26);1H. The Morgan fingerprint density at radius 3 is 2.56 bits per heavy atom. The van der Waals surface area contributed by atoms with Gasteiger partial charge in [0, 0.05) is 19.4 Å². The quantitative estimate of drug-likeness (QED) is 0.842. The summed E-state index contributed by atoms with van der Waals surface area (Å²) in [5.74, 6) is 0.432. The molecule has 1 unspecified atom stereocenters. The Morgan fingerprint density at radius 2 is 1.93 bits per heavy atom. The first-order valence-corrected chi connectivity index (χ1v) is 8.82. The topological polar surface area (TPSA) is 88.3 Å². The fourth-order valence-corrected chi connectivity index (χ4v) is 3.19. The molecule has 3 N–H and O–H groups in total. The fraction of sp³-hybridized carbons (Fsp3) is 0.350. The molecule has 7 heteroatoms. The van der Waals surface area contributed by atoms with Crippen LogP contribution >= 0.6 is 12.4 Å². The average Bonchev–Trinajstić information content (AvgIpc) is 2.62. The van der Waals surface area contributed by atoms with Crippen LogP contribution in [0.25, 0.3) is 0 Å². The van der Waals surface area contributed by atoms with Gasteiger partial charge in [-0.05, 0) is 29.2 Å². The maximum Gasteiger partial charge on any atom is 0.247 e. The lowest BCUT2D eigenvalue weighted by Crippen LogP contribution is -2.50. The van der Waals surface area contributed by atoms with Crippen molar-refractivity contribution in [3.05, 3.63) is 53.7 Å². The monoisotopic (exact) mass is 388 g/mol. The second-order valence-corrected chi connectivity index (χ2v) is 7.07. The molecule has 0 fully saturated rings. The molecule has 1 aliphatic rings. The van der Waals surface area contributed by atoms with Gasteiger partial charge in [0.15, 0.2) is 0 Å². The summed E-state index contributed by atoms with van der Waals surface area (Å²) in [6.07, 6.45) is 2.45. The molecular formula is C20H25ClN4O2. The predicted molar refractivity (Wildman–Crippen MR) is 108 cm³/mol. The lowest BCUT2D eigenvalue weighted by Gasteiger charge is -2.36. The van der Waals surface area contributed by atoms with E-state index in [-0.39, 0.29) is 30.1 Å². The van der Waals surface area contributed by atoms with E-state index in [1.807, 2.05) is 38.1 Å². The number of pyridine rings is 1. The number of nitrogens with zero attached hydrogens (tertiary/aromatic N) is 2. The lowest BCUT2D eigenvalue weighted by atomic mass is 9.92. The molecule has 2 aromatic rings. The van der Waals surface area contributed by atoms with Gasteiger partial charge in [-0.25, -0.2) is 4.98 Å². The zero-order chi connectivity index (χ0) is 18.7. The number of nitrogen functional groups attached to an aromatic ring is 1. The molecule has 3 rings (SSSR count). The first kappa shape index (κ1) is 20.7. The molecule has 27 heavy (non-hydrogen) atoms. The van der Waals surface area contributed by atoms with Crippen molar-refractivity contribution in [3.8, 4) is 0 Å². The van der Waals surface area contributed by atoms with E-state index in [1.165, 1.54) is 6.20 Å². The molecule has 1 aromatic carbocycles.